The van der Waals surface area contributed by atoms with Gasteiger partial charge in [0, 0.05) is 23.1 Å². The van der Waals surface area contributed by atoms with E-state index >= 15 is 0 Å². The molecule has 138 valence electrons. The molecule has 2 aromatic heterocycles. The predicted molar refractivity (Wildman–Crippen MR) is 97.1 cm³/mol. The lowest BCUT2D eigenvalue weighted by Crippen LogP contribution is -2.36. The number of alkyl halides is 3. The quantitative estimate of drug-likeness (QED) is 0.464. The molecular formula is C17H18F3N5S. The van der Waals surface area contributed by atoms with Crippen LogP contribution in [0.25, 0.3) is 10.9 Å². The number of aromatic amines is 1. The molecule has 0 spiro atoms. The summed E-state index contributed by atoms with van der Waals surface area (Å²) in [6, 6.07) is 9.97. The van der Waals surface area contributed by atoms with Crippen molar-refractivity contribution in [3.63, 3.8) is 0 Å². The minimum atomic E-state index is -4.41. The molecule has 3 rings (SSSR count). The summed E-state index contributed by atoms with van der Waals surface area (Å²) in [5.41, 5.74) is 1.13. The van der Waals surface area contributed by atoms with E-state index in [1.54, 1.807) is 0 Å². The zero-order valence-corrected chi connectivity index (χ0v) is 14.8. The van der Waals surface area contributed by atoms with Gasteiger partial charge in [0.15, 0.2) is 11.7 Å². The molecule has 0 aliphatic heterocycles. The lowest BCUT2D eigenvalue weighted by atomic mass is 10.2. The van der Waals surface area contributed by atoms with E-state index in [9.17, 15) is 13.2 Å². The number of aromatic nitrogens is 2. The van der Waals surface area contributed by atoms with Gasteiger partial charge in [0.05, 0.1) is 13.1 Å². The van der Waals surface area contributed by atoms with Crippen LogP contribution in [-0.4, -0.2) is 22.5 Å². The van der Waals surface area contributed by atoms with Gasteiger partial charge in [0.2, 0.25) is 0 Å². The van der Waals surface area contributed by atoms with Crippen LogP contribution < -0.4 is 10.6 Å². The lowest BCUT2D eigenvalue weighted by molar-refractivity contribution is -0.140. The van der Waals surface area contributed by atoms with E-state index in [4.69, 9.17) is 0 Å². The van der Waals surface area contributed by atoms with E-state index in [2.05, 4.69) is 25.6 Å². The number of halogens is 3. The molecule has 3 N–H and O–H groups in total. The Morgan fingerprint density at radius 1 is 1.27 bits per heavy atom. The van der Waals surface area contributed by atoms with Crippen molar-refractivity contribution in [2.24, 2.45) is 4.99 Å². The number of hydrogen-bond donors (Lipinski definition) is 3. The van der Waals surface area contributed by atoms with Crippen molar-refractivity contribution in [3.8, 4) is 0 Å². The smallest absolute Gasteiger partial charge is 0.357 e. The molecule has 0 atom stereocenters. The number of H-pyrrole nitrogens is 1. The summed E-state index contributed by atoms with van der Waals surface area (Å²) in [5, 5.41) is 8.57. The van der Waals surface area contributed by atoms with Gasteiger partial charge < -0.3 is 15.6 Å². The summed E-state index contributed by atoms with van der Waals surface area (Å²) in [7, 11) is 0. The molecule has 2 heterocycles. The second-order valence-electron chi connectivity index (χ2n) is 5.55. The van der Waals surface area contributed by atoms with E-state index in [1.165, 1.54) is 0 Å². The largest absolute Gasteiger partial charge is 0.434 e. The number of thiazole rings is 1. The Hall–Kier alpha value is -2.55. The Morgan fingerprint density at radius 3 is 2.77 bits per heavy atom. The summed E-state index contributed by atoms with van der Waals surface area (Å²) in [6.07, 6.45) is -4.41. The topological polar surface area (TPSA) is 65.1 Å². The van der Waals surface area contributed by atoms with Gasteiger partial charge in [-0.05, 0) is 24.4 Å². The molecule has 0 saturated carbocycles. The maximum Gasteiger partial charge on any atom is 0.434 e. The van der Waals surface area contributed by atoms with Gasteiger partial charge in [-0.3, -0.25) is 0 Å². The van der Waals surface area contributed by atoms with Gasteiger partial charge in [0.25, 0.3) is 0 Å². The zero-order chi connectivity index (χ0) is 18.6. The Labute approximate surface area is 152 Å². The van der Waals surface area contributed by atoms with Gasteiger partial charge in [-0.25, -0.2) is 9.98 Å². The fourth-order valence-corrected chi connectivity index (χ4v) is 3.15. The van der Waals surface area contributed by atoms with Crippen molar-refractivity contribution in [2.45, 2.75) is 26.2 Å². The van der Waals surface area contributed by atoms with Crippen LogP contribution >= 0.6 is 11.3 Å². The van der Waals surface area contributed by atoms with Crippen LogP contribution in [0.15, 0.2) is 40.7 Å². The third-order valence-electron chi connectivity index (χ3n) is 3.59. The SMILES string of the molecule is CCNC(=NCc1cc2ccccc2[nH]1)NCc1nc(C(F)(F)F)cs1. The molecule has 0 aliphatic rings. The van der Waals surface area contributed by atoms with Crippen LogP contribution in [0.2, 0.25) is 0 Å². The van der Waals surface area contributed by atoms with E-state index in [0.717, 1.165) is 33.3 Å². The predicted octanol–water partition coefficient (Wildman–Crippen LogP) is 3.90. The first kappa shape index (κ1) is 18.2. The standard InChI is InChI=1S/C17H18F3N5S/c1-2-21-16(23-9-15-25-14(10-26-15)17(18,19)20)22-8-12-7-11-5-3-4-6-13(11)24-12/h3-7,10,24H,2,8-9H2,1H3,(H2,21,22,23). The monoisotopic (exact) mass is 381 g/mol. The van der Waals surface area contributed by atoms with Crippen molar-refractivity contribution in [1.29, 1.82) is 0 Å². The second-order valence-corrected chi connectivity index (χ2v) is 6.50. The van der Waals surface area contributed by atoms with Crippen LogP contribution in [0.5, 0.6) is 0 Å². The Kier molecular flexibility index (Phi) is 5.46. The van der Waals surface area contributed by atoms with Gasteiger partial charge >= 0.3 is 6.18 Å². The molecule has 0 radical (unpaired) electrons. The van der Waals surface area contributed by atoms with Crippen molar-refractivity contribution in [1.82, 2.24) is 20.6 Å². The molecule has 0 saturated heterocycles. The highest BCUT2D eigenvalue weighted by atomic mass is 32.1. The normalized spacial score (nSPS) is 12.5. The number of nitrogens with one attached hydrogen (secondary N) is 3. The number of rotatable bonds is 5. The molecule has 0 bridgehead atoms. The van der Waals surface area contributed by atoms with Crippen LogP contribution in [0.4, 0.5) is 13.2 Å². The van der Waals surface area contributed by atoms with Crippen LogP contribution in [0.1, 0.15) is 23.3 Å². The molecular weight excluding hydrogens is 363 g/mol. The summed E-state index contributed by atoms with van der Waals surface area (Å²) < 4.78 is 37.8. The molecule has 1 aromatic carbocycles. The van der Waals surface area contributed by atoms with Crippen molar-refractivity contribution in [3.05, 3.63) is 52.1 Å². The molecule has 0 unspecified atom stereocenters. The minimum Gasteiger partial charge on any atom is -0.357 e. The fourth-order valence-electron chi connectivity index (χ4n) is 2.41. The first-order valence-electron chi connectivity index (χ1n) is 8.06. The van der Waals surface area contributed by atoms with E-state index in [1.807, 2.05) is 37.3 Å². The Morgan fingerprint density at radius 2 is 2.08 bits per heavy atom. The van der Waals surface area contributed by atoms with Crippen LogP contribution in [0, 0.1) is 0 Å². The summed E-state index contributed by atoms with van der Waals surface area (Å²) in [5.74, 6) is 0.523. The fraction of sp³-hybridized carbons (Fsp3) is 0.294. The highest BCUT2D eigenvalue weighted by Gasteiger charge is 2.33. The molecule has 5 nitrogen and oxygen atoms in total. The molecule has 9 heteroatoms. The molecule has 26 heavy (non-hydrogen) atoms. The van der Waals surface area contributed by atoms with Gasteiger partial charge in [0.1, 0.15) is 5.01 Å². The Bertz CT molecular complexity index is 864. The van der Waals surface area contributed by atoms with Gasteiger partial charge in [-0.1, -0.05) is 18.2 Å². The number of para-hydroxylation sites is 1. The maximum absolute atomic E-state index is 12.6. The number of hydrogen-bond acceptors (Lipinski definition) is 3. The van der Waals surface area contributed by atoms with Crippen molar-refractivity contribution < 1.29 is 13.2 Å². The minimum absolute atomic E-state index is 0.180. The first-order valence-corrected chi connectivity index (χ1v) is 8.94. The summed E-state index contributed by atoms with van der Waals surface area (Å²) in [4.78, 5) is 11.4. The first-order chi connectivity index (χ1) is 12.5. The van der Waals surface area contributed by atoms with E-state index in [0.29, 0.717) is 24.1 Å². The average molecular weight is 381 g/mol. The van der Waals surface area contributed by atoms with Crippen molar-refractivity contribution in [2.75, 3.05) is 6.54 Å². The summed E-state index contributed by atoms with van der Waals surface area (Å²) in [6.45, 7) is 3.17. The second kappa shape index (κ2) is 7.77. The lowest BCUT2D eigenvalue weighted by Gasteiger charge is -2.09. The molecule has 3 aromatic rings. The van der Waals surface area contributed by atoms with Gasteiger partial charge in [-0.2, -0.15) is 13.2 Å². The zero-order valence-electron chi connectivity index (χ0n) is 14.0. The number of guanidine groups is 1. The average Bonchev–Trinajstić information content (AvgIpc) is 3.23. The number of benzene rings is 1. The molecule has 0 amide bonds. The number of fused-ring (bicyclic) bond motifs is 1. The highest BCUT2D eigenvalue weighted by molar-refractivity contribution is 7.09. The molecule has 0 aliphatic carbocycles. The number of nitrogens with zero attached hydrogens (tertiary/aromatic N) is 2. The van der Waals surface area contributed by atoms with E-state index < -0.39 is 11.9 Å². The summed E-state index contributed by atoms with van der Waals surface area (Å²) >= 11 is 0.971. The Balaban J connectivity index is 1.64. The maximum atomic E-state index is 12.6. The van der Waals surface area contributed by atoms with Gasteiger partial charge in [-0.15, -0.1) is 11.3 Å². The molecule has 0 fully saturated rings. The number of aliphatic imine (C=N–C) groups is 1. The van der Waals surface area contributed by atoms with Crippen LogP contribution in [-0.2, 0) is 19.3 Å². The van der Waals surface area contributed by atoms with Crippen LogP contribution in [0.3, 0.4) is 0 Å². The van der Waals surface area contributed by atoms with Crippen molar-refractivity contribution >= 4 is 28.2 Å². The van der Waals surface area contributed by atoms with E-state index in [-0.39, 0.29) is 6.54 Å². The third kappa shape index (κ3) is 4.54. The third-order valence-corrected chi connectivity index (χ3v) is 4.44. The highest BCUT2D eigenvalue weighted by Crippen LogP contribution is 2.29.